The van der Waals surface area contributed by atoms with Gasteiger partial charge in [-0.3, -0.25) is 0 Å². The van der Waals surface area contributed by atoms with Crippen molar-refractivity contribution in [2.24, 2.45) is 0 Å². The first-order valence-electron chi connectivity index (χ1n) is 5.88. The molecule has 4 heteroatoms. The topological polar surface area (TPSA) is 12.0 Å². The SMILES string of the molecule is CCC(NC)c1ccc(-c2ccc(F)c(F)c2)s1. The number of rotatable bonds is 4. The third kappa shape index (κ3) is 2.60. The van der Waals surface area contributed by atoms with Crippen molar-refractivity contribution in [2.75, 3.05) is 7.05 Å². The molecule has 1 N–H and O–H groups in total. The predicted molar refractivity (Wildman–Crippen MR) is 71.8 cm³/mol. The maximum Gasteiger partial charge on any atom is 0.159 e. The molecule has 18 heavy (non-hydrogen) atoms. The van der Waals surface area contributed by atoms with Crippen LogP contribution in [-0.2, 0) is 0 Å². The fraction of sp³-hybridized carbons (Fsp3) is 0.286. The average molecular weight is 267 g/mol. The van der Waals surface area contributed by atoms with Crippen LogP contribution in [-0.4, -0.2) is 7.05 Å². The molecule has 0 aliphatic rings. The first-order chi connectivity index (χ1) is 8.65. The van der Waals surface area contributed by atoms with E-state index in [1.54, 1.807) is 17.4 Å². The third-order valence-corrected chi connectivity index (χ3v) is 4.18. The van der Waals surface area contributed by atoms with Gasteiger partial charge in [-0.25, -0.2) is 8.78 Å². The van der Waals surface area contributed by atoms with E-state index in [9.17, 15) is 8.78 Å². The Morgan fingerprint density at radius 3 is 2.56 bits per heavy atom. The van der Waals surface area contributed by atoms with Crippen molar-refractivity contribution in [1.82, 2.24) is 5.32 Å². The van der Waals surface area contributed by atoms with Crippen molar-refractivity contribution in [1.29, 1.82) is 0 Å². The molecule has 2 aromatic rings. The van der Waals surface area contributed by atoms with E-state index in [1.807, 2.05) is 19.2 Å². The summed E-state index contributed by atoms with van der Waals surface area (Å²) in [4.78, 5) is 2.16. The van der Waals surface area contributed by atoms with Gasteiger partial charge in [0.1, 0.15) is 0 Å². The van der Waals surface area contributed by atoms with Gasteiger partial charge >= 0.3 is 0 Å². The summed E-state index contributed by atoms with van der Waals surface area (Å²) in [5.74, 6) is -1.61. The van der Waals surface area contributed by atoms with Crippen molar-refractivity contribution in [3.05, 3.63) is 46.8 Å². The molecule has 0 bridgehead atoms. The predicted octanol–water partition coefficient (Wildman–Crippen LogP) is 4.36. The smallest absolute Gasteiger partial charge is 0.159 e. The summed E-state index contributed by atoms with van der Waals surface area (Å²) in [7, 11) is 1.92. The minimum Gasteiger partial charge on any atom is -0.312 e. The number of hydrogen-bond acceptors (Lipinski definition) is 2. The van der Waals surface area contributed by atoms with Crippen LogP contribution in [0.1, 0.15) is 24.3 Å². The van der Waals surface area contributed by atoms with Crippen LogP contribution in [0.2, 0.25) is 0 Å². The zero-order valence-electron chi connectivity index (χ0n) is 10.3. The van der Waals surface area contributed by atoms with Crippen molar-refractivity contribution in [3.8, 4) is 10.4 Å². The lowest BCUT2D eigenvalue weighted by molar-refractivity contribution is 0.509. The van der Waals surface area contributed by atoms with Crippen molar-refractivity contribution < 1.29 is 8.78 Å². The van der Waals surface area contributed by atoms with Gasteiger partial charge in [-0.2, -0.15) is 0 Å². The van der Waals surface area contributed by atoms with Gasteiger partial charge in [-0.1, -0.05) is 13.0 Å². The molecule has 0 spiro atoms. The average Bonchev–Trinajstić information content (AvgIpc) is 2.84. The largest absolute Gasteiger partial charge is 0.312 e. The Hall–Kier alpha value is -1.26. The molecule has 0 amide bonds. The molecule has 1 heterocycles. The van der Waals surface area contributed by atoms with Crippen LogP contribution in [0.4, 0.5) is 8.78 Å². The van der Waals surface area contributed by atoms with E-state index < -0.39 is 11.6 Å². The summed E-state index contributed by atoms with van der Waals surface area (Å²) in [6.45, 7) is 2.11. The Labute approximate surface area is 109 Å². The van der Waals surface area contributed by atoms with Crippen molar-refractivity contribution in [3.63, 3.8) is 0 Å². The van der Waals surface area contributed by atoms with E-state index in [0.29, 0.717) is 6.04 Å². The van der Waals surface area contributed by atoms with Crippen LogP contribution in [0, 0.1) is 11.6 Å². The van der Waals surface area contributed by atoms with E-state index >= 15 is 0 Å². The van der Waals surface area contributed by atoms with Gasteiger partial charge in [0.25, 0.3) is 0 Å². The molecule has 0 aliphatic heterocycles. The van der Waals surface area contributed by atoms with Gasteiger partial charge in [0.2, 0.25) is 0 Å². The minimum atomic E-state index is -0.808. The van der Waals surface area contributed by atoms with Gasteiger partial charge in [-0.05, 0) is 43.3 Å². The number of thiophene rings is 1. The van der Waals surface area contributed by atoms with E-state index in [-0.39, 0.29) is 0 Å². The zero-order chi connectivity index (χ0) is 13.1. The minimum absolute atomic E-state index is 0.314. The van der Waals surface area contributed by atoms with Gasteiger partial charge in [0.15, 0.2) is 11.6 Å². The lowest BCUT2D eigenvalue weighted by Gasteiger charge is -2.10. The highest BCUT2D eigenvalue weighted by Gasteiger charge is 2.11. The molecule has 96 valence electrons. The number of nitrogens with one attached hydrogen (secondary N) is 1. The fourth-order valence-corrected chi connectivity index (χ4v) is 3.09. The summed E-state index contributed by atoms with van der Waals surface area (Å²) in [5, 5.41) is 3.23. The third-order valence-electron chi connectivity index (χ3n) is 2.93. The highest BCUT2D eigenvalue weighted by Crippen LogP contribution is 2.32. The van der Waals surface area contributed by atoms with Crippen LogP contribution < -0.4 is 5.32 Å². The Morgan fingerprint density at radius 1 is 1.17 bits per heavy atom. The van der Waals surface area contributed by atoms with E-state index in [2.05, 4.69) is 12.2 Å². The van der Waals surface area contributed by atoms with Crippen LogP contribution in [0.15, 0.2) is 30.3 Å². The molecule has 0 fully saturated rings. The Morgan fingerprint density at radius 2 is 1.94 bits per heavy atom. The fourth-order valence-electron chi connectivity index (χ4n) is 1.89. The number of benzene rings is 1. The first kappa shape index (κ1) is 13.2. The van der Waals surface area contributed by atoms with E-state index in [1.165, 1.54) is 17.0 Å². The van der Waals surface area contributed by atoms with E-state index in [0.717, 1.165) is 16.9 Å². The molecule has 0 saturated carbocycles. The van der Waals surface area contributed by atoms with Crippen molar-refractivity contribution in [2.45, 2.75) is 19.4 Å². The molecule has 1 nitrogen and oxygen atoms in total. The lowest BCUT2D eigenvalue weighted by atomic mass is 10.1. The second-order valence-electron chi connectivity index (χ2n) is 4.08. The Balaban J connectivity index is 2.31. The van der Waals surface area contributed by atoms with Crippen LogP contribution in [0.5, 0.6) is 0 Å². The first-order valence-corrected chi connectivity index (χ1v) is 6.69. The van der Waals surface area contributed by atoms with Gasteiger partial charge < -0.3 is 5.32 Å². The molecular formula is C14H15F2NS. The maximum atomic E-state index is 13.2. The quantitative estimate of drug-likeness (QED) is 0.867. The van der Waals surface area contributed by atoms with Gasteiger partial charge in [-0.15, -0.1) is 11.3 Å². The molecule has 1 unspecified atom stereocenters. The molecule has 0 aliphatic carbocycles. The van der Waals surface area contributed by atoms with Crippen LogP contribution in [0.3, 0.4) is 0 Å². The van der Waals surface area contributed by atoms with Crippen molar-refractivity contribution >= 4 is 11.3 Å². The van der Waals surface area contributed by atoms with Gasteiger partial charge in [0, 0.05) is 15.8 Å². The summed E-state index contributed by atoms with van der Waals surface area (Å²) >= 11 is 1.61. The highest BCUT2D eigenvalue weighted by molar-refractivity contribution is 7.15. The van der Waals surface area contributed by atoms with Crippen LogP contribution >= 0.6 is 11.3 Å². The number of halogens is 2. The Kier molecular flexibility index (Phi) is 4.09. The monoisotopic (exact) mass is 267 g/mol. The Bertz CT molecular complexity index is 532. The summed E-state index contributed by atoms with van der Waals surface area (Å²) in [5.41, 5.74) is 0.719. The second-order valence-corrected chi connectivity index (χ2v) is 5.20. The molecule has 0 saturated heterocycles. The molecule has 0 radical (unpaired) electrons. The highest BCUT2D eigenvalue weighted by atomic mass is 32.1. The number of hydrogen-bond donors (Lipinski definition) is 1. The molecular weight excluding hydrogens is 252 g/mol. The standard InChI is InChI=1S/C14H15F2NS/c1-3-12(17-2)14-7-6-13(18-14)9-4-5-10(15)11(16)8-9/h4-8,12,17H,3H2,1-2H3. The summed E-state index contributed by atoms with van der Waals surface area (Å²) in [6.07, 6.45) is 0.994. The van der Waals surface area contributed by atoms with E-state index in [4.69, 9.17) is 0 Å². The normalized spacial score (nSPS) is 12.7. The second kappa shape index (κ2) is 5.59. The van der Waals surface area contributed by atoms with Gasteiger partial charge in [0.05, 0.1) is 0 Å². The molecule has 2 rings (SSSR count). The maximum absolute atomic E-state index is 13.2. The molecule has 1 aromatic heterocycles. The molecule has 1 atom stereocenters. The zero-order valence-corrected chi connectivity index (χ0v) is 11.2. The molecule has 1 aromatic carbocycles. The van der Waals surface area contributed by atoms with Crippen LogP contribution in [0.25, 0.3) is 10.4 Å². The lowest BCUT2D eigenvalue weighted by Crippen LogP contribution is -2.13. The summed E-state index contributed by atoms with van der Waals surface area (Å²) < 4.78 is 26.1. The summed E-state index contributed by atoms with van der Waals surface area (Å²) in [6, 6.07) is 8.31.